The first-order valence-corrected chi connectivity index (χ1v) is 4.77. The summed E-state index contributed by atoms with van der Waals surface area (Å²) in [6, 6.07) is 0. The van der Waals surface area contributed by atoms with E-state index in [9.17, 15) is 0 Å². The predicted molar refractivity (Wildman–Crippen MR) is 53.3 cm³/mol. The van der Waals surface area contributed by atoms with Gasteiger partial charge in [-0.3, -0.25) is 0 Å². The van der Waals surface area contributed by atoms with E-state index in [-0.39, 0.29) is 0 Å². The lowest BCUT2D eigenvalue weighted by atomic mass is 10.2. The normalized spacial score (nSPS) is 10.6. The summed E-state index contributed by atoms with van der Waals surface area (Å²) in [5, 5.41) is 0. The zero-order valence-electron chi connectivity index (χ0n) is 7.95. The number of nitrogens with zero attached hydrogens (tertiary/aromatic N) is 2. The molecule has 0 saturated heterocycles. The fourth-order valence-electron chi connectivity index (χ4n) is 1.21. The molecule has 0 aliphatic carbocycles. The highest BCUT2D eigenvalue weighted by Crippen LogP contribution is 2.00. The van der Waals surface area contributed by atoms with Crippen LogP contribution in [-0.2, 0) is 13.0 Å². The van der Waals surface area contributed by atoms with Crippen molar-refractivity contribution in [3.8, 4) is 0 Å². The van der Waals surface area contributed by atoms with Gasteiger partial charge in [0.25, 0.3) is 0 Å². The van der Waals surface area contributed by atoms with Gasteiger partial charge in [-0.25, -0.2) is 4.98 Å². The second-order valence-electron chi connectivity index (χ2n) is 3.14. The Morgan fingerprint density at radius 2 is 2.00 bits per heavy atom. The van der Waals surface area contributed by atoms with Crippen molar-refractivity contribution < 1.29 is 0 Å². The Morgan fingerprint density at radius 1 is 1.23 bits per heavy atom. The molecule has 0 amide bonds. The maximum absolute atomic E-state index is 5.41. The number of hydrogen-bond acceptors (Lipinski definition) is 3. The molecule has 4 N–H and O–H groups in total. The minimum absolute atomic E-state index is 0.732. The van der Waals surface area contributed by atoms with Gasteiger partial charge in [0.1, 0.15) is 0 Å². The van der Waals surface area contributed by atoms with Crippen LogP contribution in [0.15, 0.2) is 12.5 Å². The number of nitrogens with two attached hydrogens (primary N) is 2. The number of aryl methyl sites for hydroxylation is 2. The van der Waals surface area contributed by atoms with E-state index in [1.54, 1.807) is 0 Å². The van der Waals surface area contributed by atoms with Crippen molar-refractivity contribution >= 4 is 0 Å². The van der Waals surface area contributed by atoms with Gasteiger partial charge in [0.2, 0.25) is 0 Å². The van der Waals surface area contributed by atoms with Crippen molar-refractivity contribution in [1.29, 1.82) is 0 Å². The molecule has 0 fully saturated rings. The molecule has 0 aliphatic heterocycles. The van der Waals surface area contributed by atoms with Crippen molar-refractivity contribution in [3.05, 3.63) is 18.2 Å². The number of rotatable bonds is 6. The molecular weight excluding hydrogens is 164 g/mol. The Labute approximate surface area is 78.9 Å². The van der Waals surface area contributed by atoms with Gasteiger partial charge in [-0.1, -0.05) is 0 Å². The Morgan fingerprint density at radius 3 is 2.69 bits per heavy atom. The molecule has 1 heterocycles. The van der Waals surface area contributed by atoms with E-state index in [0.717, 1.165) is 44.6 Å². The van der Waals surface area contributed by atoms with Gasteiger partial charge in [-0.05, 0) is 32.4 Å². The van der Waals surface area contributed by atoms with Crippen LogP contribution >= 0.6 is 0 Å². The highest BCUT2D eigenvalue weighted by Gasteiger charge is 1.97. The Kier molecular flexibility index (Phi) is 4.49. The molecular formula is C9H18N4. The lowest BCUT2D eigenvalue weighted by Crippen LogP contribution is -2.04. The molecule has 4 heteroatoms. The zero-order valence-corrected chi connectivity index (χ0v) is 7.95. The topological polar surface area (TPSA) is 69.9 Å². The third-order valence-electron chi connectivity index (χ3n) is 1.94. The molecule has 0 radical (unpaired) electrons. The van der Waals surface area contributed by atoms with Gasteiger partial charge in [-0.15, -0.1) is 0 Å². The second kappa shape index (κ2) is 5.72. The smallest absolute Gasteiger partial charge is 0.0949 e. The Hall–Kier alpha value is -0.870. The third-order valence-corrected chi connectivity index (χ3v) is 1.94. The fraction of sp³-hybridized carbons (Fsp3) is 0.667. The quantitative estimate of drug-likeness (QED) is 0.656. The van der Waals surface area contributed by atoms with Crippen LogP contribution in [0.1, 0.15) is 18.5 Å². The molecule has 13 heavy (non-hydrogen) atoms. The van der Waals surface area contributed by atoms with Crippen LogP contribution in [0.3, 0.4) is 0 Å². The van der Waals surface area contributed by atoms with E-state index < -0.39 is 0 Å². The van der Waals surface area contributed by atoms with Gasteiger partial charge in [0.05, 0.1) is 12.0 Å². The van der Waals surface area contributed by atoms with Crippen molar-refractivity contribution in [3.63, 3.8) is 0 Å². The summed E-state index contributed by atoms with van der Waals surface area (Å²) >= 11 is 0. The average molecular weight is 182 g/mol. The molecule has 0 bridgehead atoms. The maximum Gasteiger partial charge on any atom is 0.0949 e. The maximum atomic E-state index is 5.41. The predicted octanol–water partition coefficient (Wildman–Crippen LogP) is 0.123. The molecule has 0 unspecified atom stereocenters. The van der Waals surface area contributed by atoms with E-state index in [1.807, 2.05) is 6.33 Å². The standard InChI is InChI=1S/C9H18N4/c10-4-1-3-9-7-13(8-12-9)6-2-5-11/h7-8H,1-6,10-11H2. The van der Waals surface area contributed by atoms with E-state index >= 15 is 0 Å². The lowest BCUT2D eigenvalue weighted by molar-refractivity contribution is 0.649. The van der Waals surface area contributed by atoms with E-state index in [2.05, 4.69) is 15.7 Å². The summed E-state index contributed by atoms with van der Waals surface area (Å²) in [5.74, 6) is 0. The van der Waals surface area contributed by atoms with E-state index in [0.29, 0.717) is 0 Å². The summed E-state index contributed by atoms with van der Waals surface area (Å²) < 4.78 is 2.08. The third kappa shape index (κ3) is 3.57. The molecule has 74 valence electrons. The van der Waals surface area contributed by atoms with Gasteiger partial charge in [0, 0.05) is 12.7 Å². The number of aromatic nitrogens is 2. The van der Waals surface area contributed by atoms with Gasteiger partial charge >= 0.3 is 0 Å². The highest BCUT2D eigenvalue weighted by molar-refractivity contribution is 4.96. The van der Waals surface area contributed by atoms with E-state index in [4.69, 9.17) is 11.5 Å². The number of hydrogen-bond donors (Lipinski definition) is 2. The average Bonchev–Trinajstić information content (AvgIpc) is 2.59. The summed E-state index contributed by atoms with van der Waals surface area (Å²) in [6.45, 7) is 2.43. The molecule has 1 aromatic heterocycles. The fourth-order valence-corrected chi connectivity index (χ4v) is 1.21. The van der Waals surface area contributed by atoms with Crippen molar-refractivity contribution in [1.82, 2.24) is 9.55 Å². The van der Waals surface area contributed by atoms with E-state index in [1.165, 1.54) is 0 Å². The largest absolute Gasteiger partial charge is 0.337 e. The van der Waals surface area contributed by atoms with Crippen molar-refractivity contribution in [2.75, 3.05) is 13.1 Å². The molecule has 0 saturated carbocycles. The van der Waals surface area contributed by atoms with Crippen molar-refractivity contribution in [2.24, 2.45) is 11.5 Å². The summed E-state index contributed by atoms with van der Waals surface area (Å²) in [5.41, 5.74) is 12.0. The first-order valence-electron chi connectivity index (χ1n) is 4.77. The zero-order chi connectivity index (χ0) is 9.52. The van der Waals surface area contributed by atoms with Gasteiger partial charge < -0.3 is 16.0 Å². The summed E-state index contributed by atoms with van der Waals surface area (Å²) in [4.78, 5) is 4.27. The van der Waals surface area contributed by atoms with Gasteiger partial charge in [0.15, 0.2) is 0 Å². The van der Waals surface area contributed by atoms with Crippen LogP contribution in [0, 0.1) is 0 Å². The Bertz CT molecular complexity index is 209. The minimum atomic E-state index is 0.732. The van der Waals surface area contributed by atoms with Crippen LogP contribution in [0.5, 0.6) is 0 Å². The molecule has 4 nitrogen and oxygen atoms in total. The molecule has 0 aliphatic rings. The molecule has 0 spiro atoms. The molecule has 1 aromatic rings. The lowest BCUT2D eigenvalue weighted by Gasteiger charge is -1.97. The second-order valence-corrected chi connectivity index (χ2v) is 3.14. The van der Waals surface area contributed by atoms with Crippen LogP contribution in [0.4, 0.5) is 0 Å². The first kappa shape index (κ1) is 10.2. The van der Waals surface area contributed by atoms with Crippen LogP contribution in [0.25, 0.3) is 0 Å². The highest BCUT2D eigenvalue weighted by atomic mass is 15.0. The van der Waals surface area contributed by atoms with Gasteiger partial charge in [-0.2, -0.15) is 0 Å². The summed E-state index contributed by atoms with van der Waals surface area (Å²) in [7, 11) is 0. The minimum Gasteiger partial charge on any atom is -0.337 e. The molecule has 1 rings (SSSR count). The Balaban J connectivity index is 2.34. The summed E-state index contributed by atoms with van der Waals surface area (Å²) in [6.07, 6.45) is 6.93. The number of imidazole rings is 1. The first-order chi connectivity index (χ1) is 6.36. The molecule has 0 atom stereocenters. The van der Waals surface area contributed by atoms with Crippen molar-refractivity contribution in [2.45, 2.75) is 25.8 Å². The van der Waals surface area contributed by atoms with Crippen LogP contribution < -0.4 is 11.5 Å². The monoisotopic (exact) mass is 182 g/mol. The van der Waals surface area contributed by atoms with Crippen LogP contribution in [0.2, 0.25) is 0 Å². The molecule has 0 aromatic carbocycles. The van der Waals surface area contributed by atoms with Crippen LogP contribution in [-0.4, -0.2) is 22.6 Å². The SMILES string of the molecule is NCCCc1cn(CCCN)cn1.